The molecule has 30 heavy (non-hydrogen) atoms. The summed E-state index contributed by atoms with van der Waals surface area (Å²) in [5.74, 6) is 0.827. The SMILES string of the molecule is Brc1ccc(N=C2N(c3ccccc3)OC2(c2ccccc2)c2ccccc2)cc1. The number of hydrogen-bond acceptors (Lipinski definition) is 2. The van der Waals surface area contributed by atoms with Crippen LogP contribution in [0.4, 0.5) is 11.4 Å². The normalized spacial score (nSPS) is 16.3. The van der Waals surface area contributed by atoms with Crippen LogP contribution >= 0.6 is 15.9 Å². The number of nitrogens with zero attached hydrogens (tertiary/aromatic N) is 2. The highest BCUT2D eigenvalue weighted by Crippen LogP contribution is 2.47. The van der Waals surface area contributed by atoms with Crippen LogP contribution < -0.4 is 5.06 Å². The maximum Gasteiger partial charge on any atom is 0.206 e. The van der Waals surface area contributed by atoms with Gasteiger partial charge in [-0.1, -0.05) is 94.8 Å². The summed E-state index contributed by atoms with van der Waals surface area (Å²) in [5.41, 5.74) is 3.11. The van der Waals surface area contributed by atoms with Crippen LogP contribution in [0.5, 0.6) is 0 Å². The van der Waals surface area contributed by atoms with E-state index >= 15 is 0 Å². The van der Waals surface area contributed by atoms with Crippen LogP contribution in [-0.2, 0) is 10.4 Å². The van der Waals surface area contributed by atoms with Gasteiger partial charge < -0.3 is 0 Å². The molecule has 5 rings (SSSR count). The van der Waals surface area contributed by atoms with Crippen LogP contribution in [0.3, 0.4) is 0 Å². The van der Waals surface area contributed by atoms with Gasteiger partial charge >= 0.3 is 0 Å². The van der Waals surface area contributed by atoms with Gasteiger partial charge in [0.1, 0.15) is 0 Å². The molecule has 146 valence electrons. The van der Waals surface area contributed by atoms with Crippen molar-refractivity contribution in [2.24, 2.45) is 4.99 Å². The number of hydroxylamine groups is 1. The second kappa shape index (κ2) is 7.90. The first-order valence-electron chi connectivity index (χ1n) is 9.77. The number of benzene rings is 4. The Morgan fingerprint density at radius 2 is 1.13 bits per heavy atom. The molecule has 4 aromatic carbocycles. The van der Waals surface area contributed by atoms with E-state index in [0.29, 0.717) is 0 Å². The van der Waals surface area contributed by atoms with Crippen molar-refractivity contribution >= 4 is 33.1 Å². The highest BCUT2D eigenvalue weighted by atomic mass is 79.9. The lowest BCUT2D eigenvalue weighted by Gasteiger charge is -2.51. The molecule has 0 radical (unpaired) electrons. The van der Waals surface area contributed by atoms with Crippen LogP contribution in [0.1, 0.15) is 11.1 Å². The average Bonchev–Trinajstić information content (AvgIpc) is 2.80. The molecule has 1 aliphatic rings. The Kier molecular flexibility index (Phi) is 4.95. The molecule has 0 atom stereocenters. The van der Waals surface area contributed by atoms with E-state index in [-0.39, 0.29) is 0 Å². The first-order chi connectivity index (χ1) is 14.8. The van der Waals surface area contributed by atoms with E-state index in [9.17, 15) is 0 Å². The molecular formula is C26H19BrN2O. The van der Waals surface area contributed by atoms with E-state index in [0.717, 1.165) is 32.8 Å². The van der Waals surface area contributed by atoms with E-state index in [1.165, 1.54) is 0 Å². The van der Waals surface area contributed by atoms with Gasteiger partial charge in [0, 0.05) is 4.47 Å². The van der Waals surface area contributed by atoms with Gasteiger partial charge in [-0.2, -0.15) is 0 Å². The number of para-hydroxylation sites is 1. The van der Waals surface area contributed by atoms with Crippen molar-refractivity contribution in [2.45, 2.75) is 5.60 Å². The lowest BCUT2D eigenvalue weighted by Crippen LogP contribution is -2.63. The summed E-state index contributed by atoms with van der Waals surface area (Å²) in [6, 6.07) is 38.6. The van der Waals surface area contributed by atoms with Gasteiger partial charge in [0.2, 0.25) is 5.60 Å². The predicted molar refractivity (Wildman–Crippen MR) is 125 cm³/mol. The predicted octanol–water partition coefficient (Wildman–Crippen LogP) is 6.87. The summed E-state index contributed by atoms with van der Waals surface area (Å²) >= 11 is 3.50. The summed E-state index contributed by atoms with van der Waals surface area (Å²) in [6.07, 6.45) is 0. The molecular weight excluding hydrogens is 436 g/mol. The molecule has 1 saturated heterocycles. The molecule has 4 heteroatoms. The quantitative estimate of drug-likeness (QED) is 0.335. The summed E-state index contributed by atoms with van der Waals surface area (Å²) < 4.78 is 1.02. The van der Waals surface area contributed by atoms with Gasteiger partial charge in [-0.25, -0.2) is 14.9 Å². The fourth-order valence-corrected chi connectivity index (χ4v) is 3.97. The van der Waals surface area contributed by atoms with Crippen molar-refractivity contribution in [2.75, 3.05) is 5.06 Å². The summed E-state index contributed by atoms with van der Waals surface area (Å²) in [5, 5.41) is 1.82. The Labute approximate surface area is 184 Å². The minimum atomic E-state index is -0.786. The molecule has 1 aliphatic heterocycles. The smallest absolute Gasteiger partial charge is 0.206 e. The van der Waals surface area contributed by atoms with E-state index in [1.807, 2.05) is 96.1 Å². The molecule has 0 amide bonds. The van der Waals surface area contributed by atoms with Crippen molar-refractivity contribution in [3.8, 4) is 0 Å². The lowest BCUT2D eigenvalue weighted by atomic mass is 9.82. The second-order valence-corrected chi connectivity index (χ2v) is 7.96. The van der Waals surface area contributed by atoms with E-state index in [1.54, 1.807) is 0 Å². The Morgan fingerprint density at radius 3 is 1.67 bits per heavy atom. The average molecular weight is 455 g/mol. The zero-order valence-corrected chi connectivity index (χ0v) is 17.7. The highest BCUT2D eigenvalue weighted by Gasteiger charge is 2.55. The van der Waals surface area contributed by atoms with Gasteiger partial charge in [-0.3, -0.25) is 0 Å². The first kappa shape index (κ1) is 18.8. The van der Waals surface area contributed by atoms with Crippen LogP contribution in [0.15, 0.2) is 125 Å². The Hall–Kier alpha value is -3.21. The van der Waals surface area contributed by atoms with Gasteiger partial charge in [0.25, 0.3) is 0 Å². The summed E-state index contributed by atoms with van der Waals surface area (Å²) in [6.45, 7) is 0. The van der Waals surface area contributed by atoms with Crippen molar-refractivity contribution in [1.82, 2.24) is 0 Å². The third-order valence-corrected chi connectivity index (χ3v) is 5.68. The third-order valence-electron chi connectivity index (χ3n) is 5.15. The Balaban J connectivity index is 1.72. The van der Waals surface area contributed by atoms with Crippen molar-refractivity contribution in [1.29, 1.82) is 0 Å². The van der Waals surface area contributed by atoms with Gasteiger partial charge in [0.15, 0.2) is 5.84 Å². The molecule has 0 bridgehead atoms. The Bertz CT molecular complexity index is 1120. The maximum atomic E-state index is 6.59. The molecule has 1 fully saturated rings. The number of anilines is 1. The van der Waals surface area contributed by atoms with E-state index < -0.39 is 5.60 Å². The zero-order chi connectivity index (χ0) is 20.4. The number of amidine groups is 1. The van der Waals surface area contributed by atoms with Gasteiger partial charge in [-0.15, -0.1) is 0 Å². The minimum Gasteiger partial charge on any atom is -0.243 e. The molecule has 0 aromatic heterocycles. The minimum absolute atomic E-state index is 0.786. The number of rotatable bonds is 4. The van der Waals surface area contributed by atoms with Gasteiger partial charge in [0.05, 0.1) is 11.4 Å². The zero-order valence-electron chi connectivity index (χ0n) is 16.2. The number of halogens is 1. The molecule has 0 aliphatic carbocycles. The maximum absolute atomic E-state index is 6.59. The molecule has 1 heterocycles. The molecule has 0 saturated carbocycles. The number of hydrogen-bond donors (Lipinski definition) is 0. The van der Waals surface area contributed by atoms with E-state index in [4.69, 9.17) is 9.83 Å². The molecule has 3 nitrogen and oxygen atoms in total. The second-order valence-electron chi connectivity index (χ2n) is 7.05. The third kappa shape index (κ3) is 3.24. The molecule has 0 spiro atoms. The molecule has 4 aromatic rings. The lowest BCUT2D eigenvalue weighted by molar-refractivity contribution is -0.0223. The van der Waals surface area contributed by atoms with Crippen molar-refractivity contribution in [3.05, 3.63) is 131 Å². The Morgan fingerprint density at radius 1 is 0.633 bits per heavy atom. The monoisotopic (exact) mass is 454 g/mol. The molecule has 0 unspecified atom stereocenters. The van der Waals surface area contributed by atoms with Crippen molar-refractivity contribution < 1.29 is 4.84 Å². The van der Waals surface area contributed by atoms with Crippen LogP contribution in [-0.4, -0.2) is 5.84 Å². The summed E-state index contributed by atoms with van der Waals surface area (Å²) in [4.78, 5) is 11.7. The van der Waals surface area contributed by atoms with E-state index in [2.05, 4.69) is 40.2 Å². The number of aliphatic imine (C=N–C) groups is 1. The van der Waals surface area contributed by atoms with Crippen LogP contribution in [0.25, 0.3) is 0 Å². The van der Waals surface area contributed by atoms with Crippen molar-refractivity contribution in [3.63, 3.8) is 0 Å². The van der Waals surface area contributed by atoms with Crippen LogP contribution in [0, 0.1) is 0 Å². The largest absolute Gasteiger partial charge is 0.243 e. The fraction of sp³-hybridized carbons (Fsp3) is 0.0385. The standard InChI is InChI=1S/C26H19BrN2O/c27-22-16-18-23(19-17-22)28-25-26(20-10-4-1-5-11-20,21-12-6-2-7-13-21)30-29(25)24-14-8-3-9-15-24/h1-19H. The van der Waals surface area contributed by atoms with Crippen LogP contribution in [0.2, 0.25) is 0 Å². The summed E-state index contributed by atoms with van der Waals surface area (Å²) in [7, 11) is 0. The fourth-order valence-electron chi connectivity index (χ4n) is 3.70. The van der Waals surface area contributed by atoms with Gasteiger partial charge in [-0.05, 0) is 47.5 Å². The molecule has 0 N–H and O–H groups in total. The highest BCUT2D eigenvalue weighted by molar-refractivity contribution is 9.10. The first-order valence-corrected chi connectivity index (χ1v) is 10.6. The topological polar surface area (TPSA) is 24.8 Å².